The molecule has 0 bridgehead atoms. The Morgan fingerprint density at radius 2 is 2.00 bits per heavy atom. The van der Waals surface area contributed by atoms with Gasteiger partial charge in [-0.1, -0.05) is 0 Å². The molecule has 0 spiro atoms. The normalized spacial score (nSPS) is 17.5. The van der Waals surface area contributed by atoms with Crippen LogP contribution in [-0.2, 0) is 0 Å². The minimum absolute atomic E-state index is 0.537. The third-order valence-corrected chi connectivity index (χ3v) is 1.47. The summed E-state index contributed by atoms with van der Waals surface area (Å²) in [6.45, 7) is 1.96. The Kier molecular flexibility index (Phi) is 1.53. The van der Waals surface area contributed by atoms with Crippen molar-refractivity contribution in [3.05, 3.63) is 0 Å². The van der Waals surface area contributed by atoms with E-state index >= 15 is 0 Å². The molecular weight excluding hydrogens is 94.9 g/mol. The van der Waals surface area contributed by atoms with Crippen LogP contribution in [0.25, 0.3) is 0 Å². The number of rotatable bonds is 1. The van der Waals surface area contributed by atoms with Crippen molar-refractivity contribution in [1.82, 2.24) is 0 Å². The van der Waals surface area contributed by atoms with Crippen LogP contribution in [0.4, 0.5) is 0 Å². The third-order valence-electron chi connectivity index (χ3n) is 1.47. The molecule has 1 radical (unpaired) electrons. The summed E-state index contributed by atoms with van der Waals surface area (Å²) in [6.07, 6.45) is 1.95. The summed E-state index contributed by atoms with van der Waals surface area (Å²) in [4.78, 5) is 0. The van der Waals surface area contributed by atoms with Crippen molar-refractivity contribution in [1.29, 1.82) is 0 Å². The monoisotopic (exact) mass is 103 g/mol. The maximum atomic E-state index is 5.53. The van der Waals surface area contributed by atoms with Gasteiger partial charge in [-0.25, -0.2) is 0 Å². The first-order chi connectivity index (χ1) is 3.80. The average molecular weight is 103 g/mol. The third kappa shape index (κ3) is 1.01. The van der Waals surface area contributed by atoms with Crippen LogP contribution >= 0.6 is 0 Å². The zero-order valence-electron chi connectivity index (χ0n) is 5.07. The molecule has 0 unspecified atom stereocenters. The van der Waals surface area contributed by atoms with Gasteiger partial charge in [0.25, 0.3) is 0 Å². The minimum atomic E-state index is 0.537. The molecule has 0 saturated heterocycles. The molecule has 0 amide bonds. The summed E-state index contributed by atoms with van der Waals surface area (Å²) in [5, 5.41) is 0. The second kappa shape index (κ2) is 2.18. The molecule has 1 aliphatic rings. The van der Waals surface area contributed by atoms with Crippen LogP contribution in [0, 0.1) is 17.8 Å². The summed E-state index contributed by atoms with van der Waals surface area (Å²) in [7, 11) is 5.53. The first-order valence-electron chi connectivity index (χ1n) is 2.85. The standard InChI is InChI=1S/C7H8B/c1-6(8)7-4-2-3-5-7/h7H,4-5H2,1H3. The van der Waals surface area contributed by atoms with Crippen LogP contribution in [0.3, 0.4) is 0 Å². The van der Waals surface area contributed by atoms with Gasteiger partial charge in [-0.05, 0) is 0 Å². The van der Waals surface area contributed by atoms with E-state index in [2.05, 4.69) is 11.8 Å². The van der Waals surface area contributed by atoms with Crippen LogP contribution in [-0.4, -0.2) is 13.0 Å². The van der Waals surface area contributed by atoms with E-state index in [0.29, 0.717) is 5.92 Å². The van der Waals surface area contributed by atoms with Crippen molar-refractivity contribution >= 4 is 13.0 Å². The van der Waals surface area contributed by atoms with Crippen molar-refractivity contribution < 1.29 is 0 Å². The van der Waals surface area contributed by atoms with Crippen LogP contribution in [0.5, 0.6) is 0 Å². The van der Waals surface area contributed by atoms with Crippen LogP contribution in [0.1, 0.15) is 19.8 Å². The molecule has 0 atom stereocenters. The second-order valence-electron chi connectivity index (χ2n) is 2.20. The fraction of sp³-hybridized carbons (Fsp3) is 0.571. The second-order valence-corrected chi connectivity index (χ2v) is 2.20. The average Bonchev–Trinajstić information content (AvgIpc) is 2.12. The van der Waals surface area contributed by atoms with E-state index in [1.54, 1.807) is 0 Å². The van der Waals surface area contributed by atoms with E-state index in [-0.39, 0.29) is 0 Å². The molecule has 0 aromatic carbocycles. The van der Waals surface area contributed by atoms with E-state index in [4.69, 9.17) is 7.49 Å². The first kappa shape index (κ1) is 5.63. The molecule has 39 valence electrons. The van der Waals surface area contributed by atoms with E-state index in [0.717, 1.165) is 18.3 Å². The molecule has 1 aliphatic carbocycles. The number of hydrogen-bond donors (Lipinski definition) is 0. The Hall–Kier alpha value is -0.505. The Balaban J connectivity index is 2.43. The Bertz CT molecular complexity index is 149. The number of hydrogen-bond acceptors (Lipinski definition) is 0. The zero-order chi connectivity index (χ0) is 5.98. The van der Waals surface area contributed by atoms with Crippen molar-refractivity contribution in [2.24, 2.45) is 5.92 Å². The molecule has 0 aromatic heterocycles. The van der Waals surface area contributed by atoms with E-state index in [1.807, 2.05) is 6.92 Å². The van der Waals surface area contributed by atoms with Crippen molar-refractivity contribution in [3.63, 3.8) is 0 Å². The van der Waals surface area contributed by atoms with Gasteiger partial charge < -0.3 is 0 Å². The Morgan fingerprint density at radius 3 is 2.25 bits per heavy atom. The van der Waals surface area contributed by atoms with Gasteiger partial charge in [-0.2, -0.15) is 0 Å². The van der Waals surface area contributed by atoms with Gasteiger partial charge in [-0.3, -0.25) is 0 Å². The summed E-state index contributed by atoms with van der Waals surface area (Å²) < 4.78 is 0. The summed E-state index contributed by atoms with van der Waals surface area (Å²) in [5.41, 5.74) is 1.02. The quantitative estimate of drug-likeness (QED) is 0.339. The Morgan fingerprint density at radius 1 is 1.50 bits per heavy atom. The first-order valence-corrected chi connectivity index (χ1v) is 2.85. The molecule has 1 heteroatoms. The molecule has 0 aliphatic heterocycles. The van der Waals surface area contributed by atoms with Gasteiger partial charge in [0.05, 0.1) is 0 Å². The molecular formula is C7H8B. The predicted molar refractivity (Wildman–Crippen MR) is 36.9 cm³/mol. The Labute approximate surface area is 51.4 Å². The summed E-state index contributed by atoms with van der Waals surface area (Å²) >= 11 is 0. The molecule has 1 rings (SSSR count). The molecule has 8 heavy (non-hydrogen) atoms. The molecule has 0 nitrogen and oxygen atoms in total. The van der Waals surface area contributed by atoms with Crippen LogP contribution in [0.15, 0.2) is 0 Å². The van der Waals surface area contributed by atoms with Crippen LogP contribution in [0.2, 0.25) is 0 Å². The molecule has 0 heterocycles. The van der Waals surface area contributed by atoms with Crippen molar-refractivity contribution in [3.8, 4) is 11.8 Å². The summed E-state index contributed by atoms with van der Waals surface area (Å²) in [6, 6.07) is 0. The van der Waals surface area contributed by atoms with Gasteiger partial charge in [0.1, 0.15) is 0 Å². The van der Waals surface area contributed by atoms with E-state index in [1.165, 1.54) is 0 Å². The molecule has 0 fully saturated rings. The maximum absolute atomic E-state index is 5.53. The van der Waals surface area contributed by atoms with Gasteiger partial charge >= 0.3 is 50.5 Å². The molecule has 0 saturated carbocycles. The van der Waals surface area contributed by atoms with Gasteiger partial charge in [-0.15, -0.1) is 0 Å². The molecule has 0 aromatic rings. The van der Waals surface area contributed by atoms with Gasteiger partial charge in [0.15, 0.2) is 0 Å². The van der Waals surface area contributed by atoms with Gasteiger partial charge in [0, 0.05) is 0 Å². The van der Waals surface area contributed by atoms with Crippen molar-refractivity contribution in [2.45, 2.75) is 19.8 Å². The molecule has 0 N–H and O–H groups in total. The van der Waals surface area contributed by atoms with Crippen molar-refractivity contribution in [2.75, 3.05) is 0 Å². The van der Waals surface area contributed by atoms with Gasteiger partial charge in [0.2, 0.25) is 0 Å². The van der Waals surface area contributed by atoms with E-state index in [9.17, 15) is 0 Å². The van der Waals surface area contributed by atoms with Crippen LogP contribution < -0.4 is 0 Å². The topological polar surface area (TPSA) is 0 Å². The SMILES string of the molecule is [B]=C(C)C1CC#CC1. The fourth-order valence-corrected chi connectivity index (χ4v) is 0.785. The predicted octanol–water partition coefficient (Wildman–Crippen LogP) is 0.761. The van der Waals surface area contributed by atoms with E-state index < -0.39 is 0 Å². The fourth-order valence-electron chi connectivity index (χ4n) is 0.785. The zero-order valence-corrected chi connectivity index (χ0v) is 5.07. The summed E-state index contributed by atoms with van der Waals surface area (Å²) in [5.74, 6) is 6.54.